The van der Waals surface area contributed by atoms with E-state index < -0.39 is 17.6 Å². The van der Waals surface area contributed by atoms with Crippen LogP contribution in [0.4, 0.5) is 0 Å². The molecule has 8 nitrogen and oxygen atoms in total. The average Bonchev–Trinajstić information content (AvgIpc) is 3.28. The topological polar surface area (TPSA) is 109 Å². The third kappa shape index (κ3) is 3.79. The molecule has 0 spiro atoms. The number of aromatic hydroxyl groups is 2. The van der Waals surface area contributed by atoms with Gasteiger partial charge in [-0.05, 0) is 36.4 Å². The van der Waals surface area contributed by atoms with Crippen LogP contribution < -0.4 is 0 Å². The minimum absolute atomic E-state index is 0.163. The summed E-state index contributed by atoms with van der Waals surface area (Å²) in [5.41, 5.74) is 1.29. The first kappa shape index (κ1) is 21.1. The van der Waals surface area contributed by atoms with Gasteiger partial charge in [0.1, 0.15) is 11.5 Å². The molecule has 0 saturated heterocycles. The third-order valence-electron chi connectivity index (χ3n) is 4.86. The second-order valence-electron chi connectivity index (χ2n) is 6.88. The molecule has 0 unspecified atom stereocenters. The quantitative estimate of drug-likeness (QED) is 0.458. The molecule has 2 heterocycles. The lowest BCUT2D eigenvalue weighted by Gasteiger charge is -2.17. The van der Waals surface area contributed by atoms with Gasteiger partial charge >= 0.3 is 0 Å². The summed E-state index contributed by atoms with van der Waals surface area (Å²) in [6.45, 7) is 0. The maximum atomic E-state index is 13.0. The number of benzene rings is 2. The fraction of sp³-hybridized carbons (Fsp3) is 0.0435. The lowest BCUT2D eigenvalue weighted by molar-refractivity contribution is 0.0654. The summed E-state index contributed by atoms with van der Waals surface area (Å²) < 4.78 is 1.51. The Morgan fingerprint density at radius 1 is 0.969 bits per heavy atom. The minimum atomic E-state index is -0.749. The number of para-hydroxylation sites is 1. The average molecular weight is 449 g/mol. The highest BCUT2D eigenvalue weighted by Gasteiger charge is 2.25. The Morgan fingerprint density at radius 3 is 2.47 bits per heavy atom. The van der Waals surface area contributed by atoms with Gasteiger partial charge in [0.25, 0.3) is 11.8 Å². The molecule has 160 valence electrons. The van der Waals surface area contributed by atoms with E-state index in [-0.39, 0.29) is 22.4 Å². The molecular formula is C23H17ClN4O4. The highest BCUT2D eigenvalue weighted by atomic mass is 35.5. The van der Waals surface area contributed by atoms with Crippen LogP contribution in [0.5, 0.6) is 11.5 Å². The fourth-order valence-electron chi connectivity index (χ4n) is 3.23. The maximum Gasteiger partial charge on any atom is 0.264 e. The molecule has 4 aromatic rings. The number of imide groups is 1. The van der Waals surface area contributed by atoms with E-state index in [1.807, 2.05) is 0 Å². The van der Waals surface area contributed by atoms with Gasteiger partial charge in [0, 0.05) is 31.1 Å². The van der Waals surface area contributed by atoms with Crippen molar-refractivity contribution in [3.05, 3.63) is 89.3 Å². The molecule has 0 saturated carbocycles. The Kier molecular flexibility index (Phi) is 5.61. The normalized spacial score (nSPS) is 10.7. The summed E-state index contributed by atoms with van der Waals surface area (Å²) in [6, 6.07) is 14.1. The number of aromatic nitrogens is 3. The van der Waals surface area contributed by atoms with Crippen molar-refractivity contribution in [2.75, 3.05) is 7.05 Å². The van der Waals surface area contributed by atoms with Crippen molar-refractivity contribution in [3.63, 3.8) is 0 Å². The van der Waals surface area contributed by atoms with E-state index in [1.54, 1.807) is 36.4 Å². The molecule has 2 amide bonds. The van der Waals surface area contributed by atoms with Crippen LogP contribution in [0, 0.1) is 0 Å². The third-order valence-corrected chi connectivity index (χ3v) is 5.18. The van der Waals surface area contributed by atoms with E-state index in [4.69, 9.17) is 11.6 Å². The number of phenols is 2. The van der Waals surface area contributed by atoms with E-state index in [2.05, 4.69) is 10.1 Å². The molecule has 0 aliphatic rings. The van der Waals surface area contributed by atoms with Crippen LogP contribution >= 0.6 is 11.6 Å². The fourth-order valence-corrected chi connectivity index (χ4v) is 3.45. The Hall–Kier alpha value is -4.17. The van der Waals surface area contributed by atoms with Crippen LogP contribution in [0.3, 0.4) is 0 Å². The molecule has 0 fully saturated rings. The number of carbonyl (C=O) groups excluding carboxylic acids is 2. The summed E-state index contributed by atoms with van der Waals surface area (Å²) in [4.78, 5) is 30.4. The number of hydrogen-bond acceptors (Lipinski definition) is 6. The van der Waals surface area contributed by atoms with E-state index in [0.29, 0.717) is 16.4 Å². The van der Waals surface area contributed by atoms with Crippen LogP contribution in [0.25, 0.3) is 16.9 Å². The number of nitrogens with zero attached hydrogens (tertiary/aromatic N) is 4. The van der Waals surface area contributed by atoms with E-state index in [1.165, 1.54) is 42.5 Å². The number of amides is 2. The number of carbonyl (C=O) groups is 2. The molecule has 2 aromatic heterocycles. The van der Waals surface area contributed by atoms with Crippen molar-refractivity contribution in [2.45, 2.75) is 0 Å². The van der Waals surface area contributed by atoms with Gasteiger partial charge in [0.2, 0.25) is 0 Å². The van der Waals surface area contributed by atoms with Crippen LogP contribution in [0.2, 0.25) is 5.02 Å². The largest absolute Gasteiger partial charge is 0.507 e. The molecule has 0 atom stereocenters. The highest BCUT2D eigenvalue weighted by Crippen LogP contribution is 2.37. The second-order valence-corrected chi connectivity index (χ2v) is 7.28. The standard InChI is InChI=1S/C23H17ClN4O4/c1-27(22(31)14-5-4-9-25-13-14)23(32)16-11-15(20(29)12-21(16)30)18-8-10-26-28(18)19-7-3-2-6-17(19)24/h2-13,29-30H,1H3. The lowest BCUT2D eigenvalue weighted by Crippen LogP contribution is -2.33. The van der Waals surface area contributed by atoms with Crippen molar-refractivity contribution >= 4 is 23.4 Å². The highest BCUT2D eigenvalue weighted by molar-refractivity contribution is 6.32. The molecule has 0 aliphatic heterocycles. The summed E-state index contributed by atoms with van der Waals surface area (Å²) in [7, 11) is 1.30. The first-order valence-corrected chi connectivity index (χ1v) is 9.84. The smallest absolute Gasteiger partial charge is 0.264 e. The zero-order chi connectivity index (χ0) is 22.8. The second kappa shape index (κ2) is 8.52. The van der Waals surface area contributed by atoms with Gasteiger partial charge in [0.05, 0.1) is 33.7 Å². The van der Waals surface area contributed by atoms with Gasteiger partial charge in [-0.15, -0.1) is 0 Å². The summed E-state index contributed by atoms with van der Waals surface area (Å²) >= 11 is 6.29. The Bertz CT molecular complexity index is 1320. The lowest BCUT2D eigenvalue weighted by atomic mass is 10.0. The maximum absolute atomic E-state index is 13.0. The van der Waals surface area contributed by atoms with Gasteiger partial charge in [0.15, 0.2) is 0 Å². The Labute approximate surface area is 187 Å². The van der Waals surface area contributed by atoms with Crippen LogP contribution in [0.1, 0.15) is 20.7 Å². The number of halogens is 1. The number of phenolic OH excluding ortho intramolecular Hbond substituents is 2. The van der Waals surface area contributed by atoms with Gasteiger partial charge in [-0.2, -0.15) is 5.10 Å². The van der Waals surface area contributed by atoms with Crippen molar-refractivity contribution in [3.8, 4) is 28.4 Å². The molecule has 2 N–H and O–H groups in total. The summed E-state index contributed by atoms with van der Waals surface area (Å²) in [5.74, 6) is -2.07. The minimum Gasteiger partial charge on any atom is -0.507 e. The van der Waals surface area contributed by atoms with E-state index in [0.717, 1.165) is 11.0 Å². The van der Waals surface area contributed by atoms with E-state index >= 15 is 0 Å². The van der Waals surface area contributed by atoms with E-state index in [9.17, 15) is 19.8 Å². The van der Waals surface area contributed by atoms with Crippen LogP contribution in [-0.4, -0.2) is 48.7 Å². The van der Waals surface area contributed by atoms with Gasteiger partial charge in [-0.1, -0.05) is 23.7 Å². The molecule has 0 radical (unpaired) electrons. The zero-order valence-corrected chi connectivity index (χ0v) is 17.6. The summed E-state index contributed by atoms with van der Waals surface area (Å²) in [6.07, 6.45) is 4.37. The molecule has 9 heteroatoms. The molecule has 0 aliphatic carbocycles. The van der Waals surface area contributed by atoms with Gasteiger partial charge in [-0.25, -0.2) is 4.68 Å². The number of rotatable bonds is 4. The molecular weight excluding hydrogens is 432 g/mol. The van der Waals surface area contributed by atoms with Crippen LogP contribution in [-0.2, 0) is 0 Å². The predicted octanol–water partition coefficient (Wildman–Crippen LogP) is 3.91. The van der Waals surface area contributed by atoms with Crippen molar-refractivity contribution < 1.29 is 19.8 Å². The molecule has 32 heavy (non-hydrogen) atoms. The molecule has 0 bridgehead atoms. The zero-order valence-electron chi connectivity index (χ0n) is 16.8. The monoisotopic (exact) mass is 448 g/mol. The van der Waals surface area contributed by atoms with Crippen molar-refractivity contribution in [2.24, 2.45) is 0 Å². The Balaban J connectivity index is 1.76. The van der Waals surface area contributed by atoms with Crippen molar-refractivity contribution in [1.29, 1.82) is 0 Å². The van der Waals surface area contributed by atoms with Crippen molar-refractivity contribution in [1.82, 2.24) is 19.7 Å². The van der Waals surface area contributed by atoms with Gasteiger partial charge < -0.3 is 10.2 Å². The SMILES string of the molecule is CN(C(=O)c1cccnc1)C(=O)c1cc(-c2ccnn2-c2ccccc2Cl)c(O)cc1O. The first-order valence-electron chi connectivity index (χ1n) is 9.46. The predicted molar refractivity (Wildman–Crippen MR) is 118 cm³/mol. The Morgan fingerprint density at radius 2 is 1.75 bits per heavy atom. The number of pyridine rings is 1. The first-order chi connectivity index (χ1) is 15.4. The van der Waals surface area contributed by atoms with Crippen LogP contribution in [0.15, 0.2) is 73.2 Å². The number of hydrogen-bond donors (Lipinski definition) is 2. The molecule has 2 aromatic carbocycles. The van der Waals surface area contributed by atoms with Gasteiger partial charge in [-0.3, -0.25) is 19.5 Å². The summed E-state index contributed by atoms with van der Waals surface area (Å²) in [5, 5.41) is 25.5. The molecule has 4 rings (SSSR count).